The van der Waals surface area contributed by atoms with Gasteiger partial charge in [0.15, 0.2) is 0 Å². The van der Waals surface area contributed by atoms with Gasteiger partial charge in [0.25, 0.3) is 0 Å². The highest BCUT2D eigenvalue weighted by Gasteiger charge is 2.16. The molecule has 0 saturated heterocycles. The first-order valence-corrected chi connectivity index (χ1v) is 7.64. The number of benzene rings is 1. The summed E-state index contributed by atoms with van der Waals surface area (Å²) in [5.74, 6) is 0.949. The molecule has 0 fully saturated rings. The number of nitrogens with zero attached hydrogens (tertiary/aromatic N) is 1. The Hall–Kier alpha value is -1.10. The molecule has 1 aromatic carbocycles. The smallest absolute Gasteiger partial charge is 0.123 e. The first kappa shape index (κ1) is 18.0. The third-order valence-electron chi connectivity index (χ3n) is 4.05. The molecule has 2 unspecified atom stereocenters. The Labute approximate surface area is 129 Å². The van der Waals surface area contributed by atoms with Gasteiger partial charge in [0.2, 0.25) is 0 Å². The molecule has 0 saturated carbocycles. The number of hydrogen-bond acceptors (Lipinski definition) is 4. The van der Waals surface area contributed by atoms with E-state index >= 15 is 0 Å². The maximum absolute atomic E-state index is 5.52. The van der Waals surface area contributed by atoms with Crippen LogP contribution in [0.25, 0.3) is 0 Å². The van der Waals surface area contributed by atoms with E-state index in [9.17, 15) is 0 Å². The summed E-state index contributed by atoms with van der Waals surface area (Å²) in [5, 5.41) is 3.28. The van der Waals surface area contributed by atoms with E-state index in [4.69, 9.17) is 9.47 Å². The van der Waals surface area contributed by atoms with Crippen molar-refractivity contribution in [2.24, 2.45) is 0 Å². The van der Waals surface area contributed by atoms with Crippen LogP contribution in [0.5, 0.6) is 5.75 Å². The Morgan fingerprint density at radius 1 is 1.24 bits per heavy atom. The molecule has 4 nitrogen and oxygen atoms in total. The Bertz CT molecular complexity index is 423. The van der Waals surface area contributed by atoms with Gasteiger partial charge in [-0.15, -0.1) is 0 Å². The average Bonchev–Trinajstić information content (AvgIpc) is 2.51. The number of hydrogen-bond donors (Lipinski definition) is 1. The van der Waals surface area contributed by atoms with Crippen molar-refractivity contribution in [2.45, 2.75) is 39.4 Å². The summed E-state index contributed by atoms with van der Waals surface area (Å²) in [7, 11) is 5.46. The molecule has 0 aliphatic rings. The Balaban J connectivity index is 2.97. The van der Waals surface area contributed by atoms with Gasteiger partial charge in [0.05, 0.1) is 13.7 Å². The third kappa shape index (κ3) is 4.99. The molecule has 2 atom stereocenters. The van der Waals surface area contributed by atoms with Crippen molar-refractivity contribution in [1.82, 2.24) is 10.2 Å². The average molecular weight is 294 g/mol. The Morgan fingerprint density at radius 3 is 2.48 bits per heavy atom. The molecular weight excluding hydrogens is 264 g/mol. The summed E-state index contributed by atoms with van der Waals surface area (Å²) in [4.78, 5) is 2.40. The lowest BCUT2D eigenvalue weighted by molar-refractivity contribution is 0.0976. The molecule has 0 aliphatic carbocycles. The van der Waals surface area contributed by atoms with Crippen LogP contribution in [0.1, 0.15) is 37.9 Å². The highest BCUT2D eigenvalue weighted by atomic mass is 16.5. The quantitative estimate of drug-likeness (QED) is 0.759. The molecule has 0 amide bonds. The molecular formula is C17H30N2O2. The SMILES string of the molecule is CCN(Cc1cc(C(C)NC)ccc1OC)C(C)COC. The van der Waals surface area contributed by atoms with E-state index in [1.807, 2.05) is 7.05 Å². The minimum absolute atomic E-state index is 0.334. The van der Waals surface area contributed by atoms with Gasteiger partial charge in [-0.25, -0.2) is 0 Å². The summed E-state index contributed by atoms with van der Waals surface area (Å²) in [6.45, 7) is 9.13. The minimum atomic E-state index is 0.334. The summed E-state index contributed by atoms with van der Waals surface area (Å²) in [6, 6.07) is 7.14. The van der Waals surface area contributed by atoms with Gasteiger partial charge in [-0.2, -0.15) is 0 Å². The van der Waals surface area contributed by atoms with E-state index in [1.165, 1.54) is 11.1 Å². The van der Waals surface area contributed by atoms with E-state index in [1.54, 1.807) is 14.2 Å². The molecule has 0 spiro atoms. The molecule has 1 rings (SSSR count). The zero-order valence-electron chi connectivity index (χ0n) is 14.3. The Morgan fingerprint density at radius 2 is 1.95 bits per heavy atom. The molecule has 4 heteroatoms. The van der Waals surface area contributed by atoms with Crippen LogP contribution in [0.2, 0.25) is 0 Å². The molecule has 0 bridgehead atoms. The van der Waals surface area contributed by atoms with Crippen molar-refractivity contribution < 1.29 is 9.47 Å². The largest absolute Gasteiger partial charge is 0.496 e. The monoisotopic (exact) mass is 294 g/mol. The molecule has 0 radical (unpaired) electrons. The van der Waals surface area contributed by atoms with Gasteiger partial charge in [-0.05, 0) is 45.1 Å². The van der Waals surface area contributed by atoms with Crippen LogP contribution in [0.15, 0.2) is 18.2 Å². The van der Waals surface area contributed by atoms with E-state index in [0.29, 0.717) is 12.1 Å². The van der Waals surface area contributed by atoms with Gasteiger partial charge in [-0.3, -0.25) is 4.90 Å². The van der Waals surface area contributed by atoms with E-state index in [0.717, 1.165) is 25.4 Å². The lowest BCUT2D eigenvalue weighted by Gasteiger charge is -2.28. The second kappa shape index (κ2) is 9.03. The molecule has 0 heterocycles. The zero-order valence-corrected chi connectivity index (χ0v) is 14.3. The first-order chi connectivity index (χ1) is 10.1. The Kier molecular flexibility index (Phi) is 7.72. The number of rotatable bonds is 9. The van der Waals surface area contributed by atoms with Crippen molar-refractivity contribution in [2.75, 3.05) is 34.4 Å². The van der Waals surface area contributed by atoms with Crippen molar-refractivity contribution in [1.29, 1.82) is 0 Å². The summed E-state index contributed by atoms with van der Waals surface area (Å²) >= 11 is 0. The second-order valence-corrected chi connectivity index (χ2v) is 5.45. The topological polar surface area (TPSA) is 33.7 Å². The van der Waals surface area contributed by atoms with Crippen LogP contribution < -0.4 is 10.1 Å². The fourth-order valence-electron chi connectivity index (χ4n) is 2.50. The van der Waals surface area contributed by atoms with Crippen molar-refractivity contribution in [3.63, 3.8) is 0 Å². The lowest BCUT2D eigenvalue weighted by atomic mass is 10.0. The van der Waals surface area contributed by atoms with Crippen molar-refractivity contribution >= 4 is 0 Å². The number of methoxy groups -OCH3 is 2. The number of likely N-dealkylation sites (N-methyl/N-ethyl adjacent to an activating group) is 1. The highest BCUT2D eigenvalue weighted by molar-refractivity contribution is 5.38. The molecule has 0 aliphatic heterocycles. The number of nitrogens with one attached hydrogen (secondary N) is 1. The van der Waals surface area contributed by atoms with Crippen LogP contribution in [0.3, 0.4) is 0 Å². The minimum Gasteiger partial charge on any atom is -0.496 e. The van der Waals surface area contributed by atoms with Crippen LogP contribution in [-0.4, -0.2) is 45.4 Å². The van der Waals surface area contributed by atoms with Crippen molar-refractivity contribution in [3.8, 4) is 5.75 Å². The highest BCUT2D eigenvalue weighted by Crippen LogP contribution is 2.25. The van der Waals surface area contributed by atoms with Crippen molar-refractivity contribution in [3.05, 3.63) is 29.3 Å². The van der Waals surface area contributed by atoms with Gasteiger partial charge in [-0.1, -0.05) is 13.0 Å². The van der Waals surface area contributed by atoms with Gasteiger partial charge in [0.1, 0.15) is 5.75 Å². The maximum atomic E-state index is 5.52. The second-order valence-electron chi connectivity index (χ2n) is 5.45. The van der Waals surface area contributed by atoms with E-state index in [-0.39, 0.29) is 0 Å². The first-order valence-electron chi connectivity index (χ1n) is 7.64. The number of ether oxygens (including phenoxy) is 2. The summed E-state index contributed by atoms with van der Waals surface area (Å²) in [5.41, 5.74) is 2.51. The predicted octanol–water partition coefficient (Wildman–Crippen LogP) is 2.83. The fraction of sp³-hybridized carbons (Fsp3) is 0.647. The van der Waals surface area contributed by atoms with Crippen LogP contribution in [0, 0.1) is 0 Å². The zero-order chi connectivity index (χ0) is 15.8. The van der Waals surface area contributed by atoms with Gasteiger partial charge < -0.3 is 14.8 Å². The maximum Gasteiger partial charge on any atom is 0.123 e. The molecule has 120 valence electrons. The van der Waals surface area contributed by atoms with Crippen LogP contribution in [-0.2, 0) is 11.3 Å². The van der Waals surface area contributed by atoms with Crippen LogP contribution in [0.4, 0.5) is 0 Å². The molecule has 1 N–H and O–H groups in total. The lowest BCUT2D eigenvalue weighted by Crippen LogP contribution is -2.35. The molecule has 21 heavy (non-hydrogen) atoms. The summed E-state index contributed by atoms with van der Waals surface area (Å²) in [6.07, 6.45) is 0. The molecule has 0 aromatic heterocycles. The third-order valence-corrected chi connectivity index (χ3v) is 4.05. The van der Waals surface area contributed by atoms with Gasteiger partial charge >= 0.3 is 0 Å². The standard InChI is InChI=1S/C17H30N2O2/c1-7-19(13(2)12-20-5)11-16-10-15(14(3)18-4)8-9-17(16)21-6/h8-10,13-14,18H,7,11-12H2,1-6H3. The predicted molar refractivity (Wildman–Crippen MR) is 87.9 cm³/mol. The fourth-order valence-corrected chi connectivity index (χ4v) is 2.50. The van der Waals surface area contributed by atoms with Crippen LogP contribution >= 0.6 is 0 Å². The summed E-state index contributed by atoms with van der Waals surface area (Å²) < 4.78 is 10.8. The van der Waals surface area contributed by atoms with Gasteiger partial charge in [0, 0.05) is 31.3 Å². The molecule has 1 aromatic rings. The normalized spacial score (nSPS) is 14.2. The van der Waals surface area contributed by atoms with E-state index < -0.39 is 0 Å². The van der Waals surface area contributed by atoms with E-state index in [2.05, 4.69) is 49.2 Å².